The lowest BCUT2D eigenvalue weighted by atomic mass is 9.94. The predicted molar refractivity (Wildman–Crippen MR) is 377 cm³/mol. The summed E-state index contributed by atoms with van der Waals surface area (Å²) in [7, 11) is 19.7. The molecule has 0 saturated carbocycles. The Balaban J connectivity index is 1.05. The molecule has 21 aliphatic heterocycles. The molecule has 37 heteroatoms. The molecule has 0 amide bonds. The van der Waals surface area contributed by atoms with Crippen LogP contribution in [0.4, 0.5) is 0 Å². The molecule has 111 heavy (non-hydrogen) atoms. The number of ether oxygens (including phenoxy) is 32. The number of rotatable bonds is 31. The Kier molecular flexibility index (Phi) is 34.8. The van der Waals surface area contributed by atoms with Crippen molar-refractivity contribution in [3.63, 3.8) is 0 Å². The van der Waals surface area contributed by atoms with Crippen LogP contribution in [0, 0.1) is 0 Å². The lowest BCUT2D eigenvalue weighted by molar-refractivity contribution is -0.402. The highest BCUT2D eigenvalue weighted by molar-refractivity contribution is 5.32. The van der Waals surface area contributed by atoms with Gasteiger partial charge in [0.1, 0.15) is 220 Å². The van der Waals surface area contributed by atoms with Crippen molar-refractivity contribution >= 4 is 0 Å². The maximum absolute atomic E-state index is 11.5. The number of benzene rings is 2. The van der Waals surface area contributed by atoms with Crippen molar-refractivity contribution in [1.82, 2.24) is 0 Å². The van der Waals surface area contributed by atoms with Gasteiger partial charge in [-0.15, -0.1) is 0 Å². The molecule has 21 fully saturated rings. The SMILES string of the molecule is C=CCOc1ccc(OC[C@H]2O[C@@H]3O[C@H]4[C@H](OC)[C@@H](OC)[C@@H](O[C@H]5[C@H](OC)[C@@H](OC)[C@@H](O[C@H]6[C@H](OC)[C@@H](OC)[C@@H](O[C@H]7[C@H](OC)[C@@H](OC)[C@@H](O[C@H]8[C@H](OC)[C@@H](OC)[C@@H](O[C@H]9[C@H](OC)[C@H](OC)[C@@H](O[C@H]2[C@H](OC)[C@@H]3OC)O[C@@H]9CO)O[C@@H]8CO)O[C@@H]7CO)O[C@@H]6COc2ccc(OCC=C)cc2)O[C@@H]5CO)O[C@@H]4CO)cc1. The molecule has 35 atom stereocenters. The molecule has 0 unspecified atom stereocenters. The van der Waals surface area contributed by atoms with E-state index in [9.17, 15) is 25.5 Å². The summed E-state index contributed by atoms with van der Waals surface area (Å²) in [6.45, 7) is 3.97. The molecule has 21 aliphatic rings. The van der Waals surface area contributed by atoms with Gasteiger partial charge in [-0.3, -0.25) is 0 Å². The number of hydrogen-bond acceptors (Lipinski definition) is 37. The van der Waals surface area contributed by atoms with Crippen LogP contribution in [-0.4, -0.2) is 399 Å². The molecule has 0 spiro atoms. The van der Waals surface area contributed by atoms with Crippen LogP contribution in [0.2, 0.25) is 0 Å². The summed E-state index contributed by atoms with van der Waals surface area (Å²) in [4.78, 5) is 0. The number of aliphatic hydroxyl groups excluding tert-OH is 5. The molecule has 14 bridgehead atoms. The molecule has 5 N–H and O–H groups in total. The summed E-state index contributed by atoms with van der Waals surface area (Å²) in [5, 5.41) is 57.0. The lowest BCUT2D eigenvalue weighted by Crippen LogP contribution is -2.69. The second-order valence-corrected chi connectivity index (χ2v) is 27.0. The molecule has 23 rings (SSSR count). The zero-order chi connectivity index (χ0) is 79.6. The Morgan fingerprint density at radius 1 is 0.234 bits per heavy atom. The molecule has 632 valence electrons. The normalized spacial score (nSPS) is 41.8. The summed E-state index contributed by atoms with van der Waals surface area (Å²) >= 11 is 0. The predicted octanol–water partition coefficient (Wildman–Crippen LogP) is -0.770. The van der Waals surface area contributed by atoms with Gasteiger partial charge in [0.25, 0.3) is 0 Å². The maximum atomic E-state index is 11.5. The second kappa shape index (κ2) is 43.3. The Bertz CT molecular complexity index is 2940. The van der Waals surface area contributed by atoms with Gasteiger partial charge in [0.05, 0.1) is 33.0 Å². The van der Waals surface area contributed by atoms with Gasteiger partial charge in [-0.25, -0.2) is 0 Å². The Hall–Kier alpha value is -4.20. The first kappa shape index (κ1) is 89.2. The fourth-order valence-corrected chi connectivity index (χ4v) is 15.7. The van der Waals surface area contributed by atoms with Gasteiger partial charge in [-0.1, -0.05) is 25.3 Å². The molecule has 0 aromatic heterocycles. The van der Waals surface area contributed by atoms with Gasteiger partial charge < -0.3 is 177 Å². The van der Waals surface area contributed by atoms with E-state index in [1.165, 1.54) is 99.5 Å². The first-order chi connectivity index (χ1) is 54.1. The molecule has 21 heterocycles. The Morgan fingerprint density at radius 2 is 0.387 bits per heavy atom. The minimum absolute atomic E-state index is 0.259. The summed E-state index contributed by atoms with van der Waals surface area (Å²) in [6, 6.07) is 13.7. The van der Waals surface area contributed by atoms with Crippen LogP contribution in [0.25, 0.3) is 0 Å². The molecular formula is C74H114O37. The van der Waals surface area contributed by atoms with Crippen molar-refractivity contribution in [3.05, 3.63) is 73.8 Å². The van der Waals surface area contributed by atoms with E-state index in [0.29, 0.717) is 23.0 Å². The van der Waals surface area contributed by atoms with Gasteiger partial charge in [0.15, 0.2) is 44.0 Å². The van der Waals surface area contributed by atoms with Crippen LogP contribution in [0.1, 0.15) is 0 Å². The average molecular weight is 1600 g/mol. The minimum atomic E-state index is -1.44. The van der Waals surface area contributed by atoms with Gasteiger partial charge in [0.2, 0.25) is 0 Å². The average Bonchev–Trinajstić information content (AvgIpc) is 0.783. The minimum Gasteiger partial charge on any atom is -0.491 e. The molecule has 2 aromatic carbocycles. The van der Waals surface area contributed by atoms with Crippen LogP contribution in [0.15, 0.2) is 73.8 Å². The van der Waals surface area contributed by atoms with Crippen molar-refractivity contribution in [2.45, 2.75) is 215 Å². The van der Waals surface area contributed by atoms with Crippen LogP contribution in [0.3, 0.4) is 0 Å². The fourth-order valence-electron chi connectivity index (χ4n) is 15.7. The van der Waals surface area contributed by atoms with E-state index in [4.69, 9.17) is 152 Å². The zero-order valence-electron chi connectivity index (χ0n) is 65.1. The third kappa shape index (κ3) is 19.8. The van der Waals surface area contributed by atoms with Crippen molar-refractivity contribution in [3.8, 4) is 23.0 Å². The Labute approximate surface area is 645 Å². The van der Waals surface area contributed by atoms with Crippen molar-refractivity contribution in [1.29, 1.82) is 0 Å². The highest BCUT2D eigenvalue weighted by Crippen LogP contribution is 2.43. The van der Waals surface area contributed by atoms with E-state index >= 15 is 0 Å². The first-order valence-electron chi connectivity index (χ1n) is 36.6. The molecule has 37 nitrogen and oxygen atoms in total. The first-order valence-corrected chi connectivity index (χ1v) is 36.6. The van der Waals surface area contributed by atoms with E-state index < -0.39 is 248 Å². The van der Waals surface area contributed by atoms with Crippen LogP contribution in [0.5, 0.6) is 23.0 Å². The molecule has 21 saturated heterocycles. The molecule has 2 aromatic rings. The van der Waals surface area contributed by atoms with Crippen molar-refractivity contribution < 1.29 is 177 Å². The van der Waals surface area contributed by atoms with Crippen LogP contribution < -0.4 is 18.9 Å². The highest BCUT2D eigenvalue weighted by Gasteiger charge is 2.62. The smallest absolute Gasteiger partial charge is 0.187 e. The van der Waals surface area contributed by atoms with Gasteiger partial charge in [-0.2, -0.15) is 0 Å². The van der Waals surface area contributed by atoms with E-state index in [1.807, 2.05) is 0 Å². The topological polar surface area (TPSA) is 397 Å². The summed E-state index contributed by atoms with van der Waals surface area (Å²) in [5.74, 6) is 1.89. The van der Waals surface area contributed by atoms with Crippen LogP contribution >= 0.6 is 0 Å². The third-order valence-electron chi connectivity index (χ3n) is 21.1. The van der Waals surface area contributed by atoms with Gasteiger partial charge in [0, 0.05) is 99.5 Å². The van der Waals surface area contributed by atoms with E-state index in [-0.39, 0.29) is 26.4 Å². The van der Waals surface area contributed by atoms with E-state index in [2.05, 4.69) is 13.2 Å². The Morgan fingerprint density at radius 3 is 0.541 bits per heavy atom. The molecular weight excluding hydrogens is 1480 g/mol. The largest absolute Gasteiger partial charge is 0.491 e. The highest BCUT2D eigenvalue weighted by atomic mass is 16.8. The van der Waals surface area contributed by atoms with E-state index in [0.717, 1.165) is 0 Å². The number of aliphatic hydroxyl groups is 5. The van der Waals surface area contributed by atoms with Gasteiger partial charge >= 0.3 is 0 Å². The lowest BCUT2D eigenvalue weighted by Gasteiger charge is -2.52. The summed E-state index contributed by atoms with van der Waals surface area (Å²) < 4.78 is 207. The monoisotopic (exact) mass is 1590 g/mol. The molecule has 0 radical (unpaired) electrons. The van der Waals surface area contributed by atoms with Crippen LogP contribution in [-0.2, 0) is 133 Å². The van der Waals surface area contributed by atoms with Gasteiger partial charge in [-0.05, 0) is 48.5 Å². The second-order valence-electron chi connectivity index (χ2n) is 27.0. The fraction of sp³-hybridized carbons (Fsp3) is 0.784. The standard InChI is InChI=1S/C74H114O37/c1-17-27-94-36-19-23-38(24-20-36)96-34-45-52-59(85-8)67(93-16)74(104-45)109-51-44(33-79)100-70(63(89-12)58(51)84-7)107-49-42(31-77)102-72(65(91-14)56(49)82-5)111-53-46(35-97-39-25-21-37(22-26-39)95-28-18-2)103-73(66(92-15)60(53)86-9)108-50-43(32-78)99-69(62(88-11)57(50)83-6)105-47-40(29-75)98-68(61(87-10)54(47)80-3)106-48-41(30-76)101-71(110-52)64(90-13)55(48)81-4/h17-26,40-79H,1-2,27-35H2,3-16H3/t40-,41-,42-,43-,44-,45-,46-,47-,48-,49-,50-,51-,52-,53-,54+,55+,56+,57+,58+,59+,60+,61-,62-,63-,64+,65-,66-,67+,68-,69-,70-,71-,72-,73-,74-/m1/s1. The summed E-state index contributed by atoms with van der Waals surface area (Å²) in [5.41, 5.74) is 0. The van der Waals surface area contributed by atoms with Crippen molar-refractivity contribution in [2.75, 3.05) is 159 Å². The molecule has 0 aliphatic carbocycles. The quantitative estimate of drug-likeness (QED) is 0.0579. The summed E-state index contributed by atoms with van der Waals surface area (Å²) in [6.07, 6.45) is -40.7. The number of hydrogen-bond donors (Lipinski definition) is 5. The van der Waals surface area contributed by atoms with E-state index in [1.54, 1.807) is 60.7 Å². The maximum Gasteiger partial charge on any atom is 0.187 e. The third-order valence-corrected chi connectivity index (χ3v) is 21.1. The number of methoxy groups -OCH3 is 14. The van der Waals surface area contributed by atoms with Crippen molar-refractivity contribution in [2.24, 2.45) is 0 Å². The zero-order valence-corrected chi connectivity index (χ0v) is 65.1.